The third kappa shape index (κ3) is 1.65. The van der Waals surface area contributed by atoms with Crippen molar-refractivity contribution in [2.75, 3.05) is 13.6 Å². The molecule has 1 fully saturated rings. The fraction of sp³-hybridized carbons (Fsp3) is 0.556. The van der Waals surface area contributed by atoms with Gasteiger partial charge in [-0.25, -0.2) is 0 Å². The normalized spacial score (nSPS) is 27.5. The highest BCUT2D eigenvalue weighted by atomic mass is 35.5. The van der Waals surface area contributed by atoms with Gasteiger partial charge in [-0.15, -0.1) is 11.3 Å². The van der Waals surface area contributed by atoms with E-state index in [1.165, 1.54) is 11.3 Å². The molecule has 1 aromatic heterocycles. The van der Waals surface area contributed by atoms with E-state index in [1.807, 2.05) is 12.4 Å². The van der Waals surface area contributed by atoms with E-state index in [1.54, 1.807) is 11.3 Å². The van der Waals surface area contributed by atoms with Crippen LogP contribution in [-0.4, -0.2) is 13.6 Å². The lowest BCUT2D eigenvalue weighted by molar-refractivity contribution is 0.700. The maximum Gasteiger partial charge on any atom is 0.0515 e. The number of nitrogens with one attached hydrogen (secondary N) is 1. The molecule has 0 spiro atoms. The molecule has 0 radical (unpaired) electrons. The quantitative estimate of drug-likeness (QED) is 0.793. The van der Waals surface area contributed by atoms with Crippen LogP contribution in [-0.2, 0) is 0 Å². The summed E-state index contributed by atoms with van der Waals surface area (Å²) in [4.78, 5) is 1.46. The molecule has 1 nitrogen and oxygen atoms in total. The molecule has 12 heavy (non-hydrogen) atoms. The standard InChI is InChI=1S/C9H12ClNS/c1-11-4-6-2-8(6)9-3-7(10)5-12-9/h3,5-6,8,11H,2,4H2,1H3. The van der Waals surface area contributed by atoms with E-state index in [9.17, 15) is 0 Å². The van der Waals surface area contributed by atoms with Gasteiger partial charge >= 0.3 is 0 Å². The summed E-state index contributed by atoms with van der Waals surface area (Å²) in [6.07, 6.45) is 1.33. The molecule has 1 aliphatic rings. The van der Waals surface area contributed by atoms with Crippen molar-refractivity contribution in [3.8, 4) is 0 Å². The van der Waals surface area contributed by atoms with E-state index >= 15 is 0 Å². The van der Waals surface area contributed by atoms with Crippen LogP contribution < -0.4 is 5.32 Å². The molecule has 2 unspecified atom stereocenters. The predicted molar refractivity (Wildman–Crippen MR) is 54.1 cm³/mol. The Morgan fingerprint density at radius 3 is 3.17 bits per heavy atom. The molecule has 2 atom stereocenters. The summed E-state index contributed by atoms with van der Waals surface area (Å²) in [5, 5.41) is 6.12. The first-order chi connectivity index (χ1) is 5.81. The van der Waals surface area contributed by atoms with Gasteiger partial charge in [0.25, 0.3) is 0 Å². The van der Waals surface area contributed by atoms with E-state index in [4.69, 9.17) is 11.6 Å². The number of halogens is 1. The molecule has 2 rings (SSSR count). The van der Waals surface area contributed by atoms with Crippen LogP contribution in [0.3, 0.4) is 0 Å². The first-order valence-electron chi connectivity index (χ1n) is 4.20. The zero-order chi connectivity index (χ0) is 8.55. The van der Waals surface area contributed by atoms with Gasteiger partial charge in [-0.3, -0.25) is 0 Å². The molecule has 3 heteroatoms. The van der Waals surface area contributed by atoms with Crippen molar-refractivity contribution >= 4 is 22.9 Å². The number of thiophene rings is 1. The van der Waals surface area contributed by atoms with Crippen LogP contribution in [0.15, 0.2) is 11.4 Å². The van der Waals surface area contributed by atoms with Crippen LogP contribution in [0.2, 0.25) is 5.02 Å². The highest BCUT2D eigenvalue weighted by molar-refractivity contribution is 7.10. The predicted octanol–water partition coefficient (Wildman–Crippen LogP) is 2.72. The second kappa shape index (κ2) is 3.36. The molecule has 1 heterocycles. The second-order valence-electron chi connectivity index (χ2n) is 3.33. The van der Waals surface area contributed by atoms with Crippen molar-refractivity contribution < 1.29 is 0 Å². The molecule has 1 N–H and O–H groups in total. The Morgan fingerprint density at radius 1 is 1.75 bits per heavy atom. The molecular weight excluding hydrogens is 190 g/mol. The number of hydrogen-bond donors (Lipinski definition) is 1. The van der Waals surface area contributed by atoms with Crippen LogP contribution in [0.5, 0.6) is 0 Å². The Balaban J connectivity index is 1.96. The highest BCUT2D eigenvalue weighted by Gasteiger charge is 2.38. The monoisotopic (exact) mass is 201 g/mol. The Hall–Kier alpha value is -0.0500. The molecule has 66 valence electrons. The minimum absolute atomic E-state index is 0.787. The van der Waals surface area contributed by atoms with Gasteiger partial charge in [0.05, 0.1) is 5.02 Å². The fourth-order valence-electron chi connectivity index (χ4n) is 1.61. The number of hydrogen-bond acceptors (Lipinski definition) is 2. The molecule has 1 aliphatic carbocycles. The SMILES string of the molecule is CNCC1CC1c1cc(Cl)cs1. The van der Waals surface area contributed by atoms with Gasteiger partial charge in [-0.1, -0.05) is 11.6 Å². The average Bonchev–Trinajstić information content (AvgIpc) is 2.67. The van der Waals surface area contributed by atoms with Crippen molar-refractivity contribution in [2.24, 2.45) is 5.92 Å². The van der Waals surface area contributed by atoms with Crippen LogP contribution in [0, 0.1) is 5.92 Å². The summed E-state index contributed by atoms with van der Waals surface area (Å²) >= 11 is 7.64. The Labute approximate surface area is 81.7 Å². The van der Waals surface area contributed by atoms with Crippen molar-refractivity contribution in [1.29, 1.82) is 0 Å². The van der Waals surface area contributed by atoms with Gasteiger partial charge in [-0.2, -0.15) is 0 Å². The maximum absolute atomic E-state index is 5.85. The lowest BCUT2D eigenvalue weighted by atomic mass is 10.2. The minimum atomic E-state index is 0.787. The van der Waals surface area contributed by atoms with Crippen molar-refractivity contribution in [1.82, 2.24) is 5.32 Å². The van der Waals surface area contributed by atoms with E-state index in [0.717, 1.165) is 23.4 Å². The second-order valence-corrected chi connectivity index (χ2v) is 4.71. The van der Waals surface area contributed by atoms with Gasteiger partial charge in [0.15, 0.2) is 0 Å². The van der Waals surface area contributed by atoms with E-state index in [2.05, 4.69) is 11.4 Å². The largest absolute Gasteiger partial charge is 0.319 e. The lowest BCUT2D eigenvalue weighted by Gasteiger charge is -1.94. The Bertz CT molecular complexity index is 271. The van der Waals surface area contributed by atoms with Gasteiger partial charge < -0.3 is 5.32 Å². The topological polar surface area (TPSA) is 12.0 Å². The van der Waals surface area contributed by atoms with Crippen molar-refractivity contribution in [3.05, 3.63) is 21.3 Å². The van der Waals surface area contributed by atoms with Crippen molar-refractivity contribution in [2.45, 2.75) is 12.3 Å². The molecule has 0 amide bonds. The summed E-state index contributed by atoms with van der Waals surface area (Å²) in [6, 6.07) is 2.10. The summed E-state index contributed by atoms with van der Waals surface area (Å²) in [5.41, 5.74) is 0. The molecule has 1 aromatic rings. The molecule has 0 saturated heterocycles. The van der Waals surface area contributed by atoms with Gasteiger partial charge in [0.1, 0.15) is 0 Å². The summed E-state index contributed by atoms with van der Waals surface area (Å²) in [6.45, 7) is 1.14. The summed E-state index contributed by atoms with van der Waals surface area (Å²) < 4.78 is 0. The van der Waals surface area contributed by atoms with E-state index < -0.39 is 0 Å². The van der Waals surface area contributed by atoms with Crippen LogP contribution in [0.4, 0.5) is 0 Å². The molecule has 0 bridgehead atoms. The molecule has 0 aliphatic heterocycles. The molecular formula is C9H12ClNS. The van der Waals surface area contributed by atoms with Crippen LogP contribution in [0.1, 0.15) is 17.2 Å². The van der Waals surface area contributed by atoms with Gasteiger partial charge in [0.2, 0.25) is 0 Å². The smallest absolute Gasteiger partial charge is 0.0515 e. The summed E-state index contributed by atoms with van der Waals surface area (Å²) in [7, 11) is 2.01. The first-order valence-corrected chi connectivity index (χ1v) is 5.45. The van der Waals surface area contributed by atoms with E-state index in [-0.39, 0.29) is 0 Å². The summed E-state index contributed by atoms with van der Waals surface area (Å²) in [5.74, 6) is 1.64. The van der Waals surface area contributed by atoms with Gasteiger partial charge in [0, 0.05) is 10.3 Å². The molecule has 1 saturated carbocycles. The minimum Gasteiger partial charge on any atom is -0.319 e. The maximum atomic E-state index is 5.85. The zero-order valence-electron chi connectivity index (χ0n) is 7.01. The Kier molecular flexibility index (Phi) is 2.40. The fourth-order valence-corrected chi connectivity index (χ4v) is 2.90. The van der Waals surface area contributed by atoms with Crippen LogP contribution >= 0.6 is 22.9 Å². The third-order valence-corrected chi connectivity index (χ3v) is 3.75. The average molecular weight is 202 g/mol. The third-order valence-electron chi connectivity index (χ3n) is 2.34. The lowest BCUT2D eigenvalue weighted by Crippen LogP contribution is -2.09. The van der Waals surface area contributed by atoms with Crippen molar-refractivity contribution in [3.63, 3.8) is 0 Å². The highest BCUT2D eigenvalue weighted by Crippen LogP contribution is 2.49. The van der Waals surface area contributed by atoms with Crippen LogP contribution in [0.25, 0.3) is 0 Å². The zero-order valence-corrected chi connectivity index (χ0v) is 8.58. The molecule has 0 aromatic carbocycles. The van der Waals surface area contributed by atoms with Gasteiger partial charge in [-0.05, 0) is 37.9 Å². The Morgan fingerprint density at radius 2 is 2.58 bits per heavy atom. The van der Waals surface area contributed by atoms with E-state index in [0.29, 0.717) is 0 Å². The number of rotatable bonds is 3. The first kappa shape index (κ1) is 8.54.